The molecule has 11 nitrogen and oxygen atoms in total. The Morgan fingerprint density at radius 2 is 2.13 bits per heavy atom. The van der Waals surface area contributed by atoms with Crippen LogP contribution in [0.15, 0.2) is 12.1 Å². The second-order valence-electron chi connectivity index (χ2n) is 8.86. The molecule has 0 unspecified atom stereocenters. The number of aliphatic hydroxyl groups is 1. The number of carboxylic acid groups (broad SMARTS) is 1. The van der Waals surface area contributed by atoms with Gasteiger partial charge in [0.1, 0.15) is 17.4 Å². The van der Waals surface area contributed by atoms with E-state index in [1.54, 1.807) is 13.0 Å². The highest BCUT2D eigenvalue weighted by atomic mass is 16.6. The van der Waals surface area contributed by atoms with Gasteiger partial charge >= 0.3 is 6.75 Å². The molecule has 1 aromatic carbocycles. The summed E-state index contributed by atoms with van der Waals surface area (Å²) >= 11 is 0. The van der Waals surface area contributed by atoms with E-state index in [1.165, 1.54) is 6.07 Å². The number of ether oxygens (including phenoxy) is 1. The predicted octanol–water partition coefficient (Wildman–Crippen LogP) is -2.89. The van der Waals surface area contributed by atoms with Crippen LogP contribution in [0.5, 0.6) is 11.5 Å². The molecule has 1 saturated carbocycles. The summed E-state index contributed by atoms with van der Waals surface area (Å²) < 4.78 is 11.1. The zero-order valence-electron chi connectivity index (χ0n) is 17.1. The van der Waals surface area contributed by atoms with Crippen LogP contribution in [0.25, 0.3) is 0 Å². The Labute approximate surface area is 178 Å². The zero-order chi connectivity index (χ0) is 22.6. The lowest BCUT2D eigenvalue weighted by Gasteiger charge is -2.43. The maximum absolute atomic E-state index is 12.1. The summed E-state index contributed by atoms with van der Waals surface area (Å²) in [4.78, 5) is 25.8. The average molecular weight is 435 g/mol. The molecule has 0 radical (unpaired) electrons. The third-order valence-corrected chi connectivity index (χ3v) is 6.13. The standard InChI is InChI=1S/C19H27BN3O8/c1-19(21,18(27)22-4-5-24)9-23-7-10(8-23)30-14-3-2-11-12-6-13(12)20(28,29)31-16(11)15(14)17(25)26/h2-3,10,12-13,24,28-29H,4-9,21H2,1H3,(H,22,27)(H,25,26)/q-1/p-1/t12-,13-,19+/m0/s1. The molecule has 0 aromatic heterocycles. The van der Waals surface area contributed by atoms with Crippen LogP contribution in [0, 0.1) is 0 Å². The van der Waals surface area contributed by atoms with Crippen molar-refractivity contribution < 1.29 is 39.2 Å². The summed E-state index contributed by atoms with van der Waals surface area (Å²) in [7, 11) is 0. The fraction of sp³-hybridized carbons (Fsp3) is 0.579. The van der Waals surface area contributed by atoms with Crippen molar-refractivity contribution in [2.45, 2.75) is 36.7 Å². The van der Waals surface area contributed by atoms with E-state index in [9.17, 15) is 24.7 Å². The van der Waals surface area contributed by atoms with Crippen molar-refractivity contribution in [1.82, 2.24) is 10.2 Å². The largest absolute Gasteiger partial charge is 0.669 e. The van der Waals surface area contributed by atoms with Gasteiger partial charge < -0.3 is 45.5 Å². The van der Waals surface area contributed by atoms with Crippen LogP contribution in [0.2, 0.25) is 5.82 Å². The summed E-state index contributed by atoms with van der Waals surface area (Å²) in [5.74, 6) is -2.55. The highest BCUT2D eigenvalue weighted by Crippen LogP contribution is 2.63. The van der Waals surface area contributed by atoms with Gasteiger partial charge in [-0.3, -0.25) is 9.69 Å². The first-order valence-electron chi connectivity index (χ1n) is 10.3. The quantitative estimate of drug-likeness (QED) is 0.266. The topological polar surface area (TPSA) is 178 Å². The predicted molar refractivity (Wildman–Crippen MR) is 106 cm³/mol. The number of likely N-dealkylation sites (tertiary alicyclic amines) is 1. The molecule has 2 fully saturated rings. The number of rotatable bonds is 8. The fourth-order valence-electron chi connectivity index (χ4n) is 4.42. The number of benzene rings is 1. The van der Waals surface area contributed by atoms with Crippen molar-refractivity contribution in [3.63, 3.8) is 0 Å². The van der Waals surface area contributed by atoms with E-state index >= 15 is 0 Å². The molecule has 4 rings (SSSR count). The fourth-order valence-corrected chi connectivity index (χ4v) is 4.42. The number of hydrogen-bond acceptors (Lipinski definition) is 10. The first kappa shape index (κ1) is 21.8. The molecule has 0 bridgehead atoms. The molecular weight excluding hydrogens is 409 g/mol. The van der Waals surface area contributed by atoms with E-state index in [4.69, 9.17) is 20.2 Å². The van der Waals surface area contributed by atoms with Crippen LogP contribution in [0.4, 0.5) is 0 Å². The Kier molecular flexibility index (Phi) is 5.38. The van der Waals surface area contributed by atoms with Gasteiger partial charge in [0.05, 0.1) is 23.9 Å². The molecule has 2 heterocycles. The number of amides is 1. The van der Waals surface area contributed by atoms with Crippen molar-refractivity contribution in [2.75, 3.05) is 32.8 Å². The summed E-state index contributed by atoms with van der Waals surface area (Å²) in [5, 5.41) is 43.3. The summed E-state index contributed by atoms with van der Waals surface area (Å²) in [6.45, 7) is -0.496. The second-order valence-corrected chi connectivity index (χ2v) is 8.86. The molecule has 1 amide bonds. The van der Waals surface area contributed by atoms with Crippen LogP contribution < -0.4 is 25.5 Å². The first-order valence-corrected chi connectivity index (χ1v) is 10.3. The third kappa shape index (κ3) is 4.09. The van der Waals surface area contributed by atoms with E-state index < -0.39 is 24.1 Å². The maximum atomic E-state index is 12.1. The number of nitrogens with one attached hydrogen (secondary N) is 1. The minimum absolute atomic E-state index is 0.0327. The molecule has 2 aliphatic heterocycles. The molecule has 6 N–H and O–H groups in total. The maximum Gasteiger partial charge on any atom is 0.434 e. The Morgan fingerprint density at radius 1 is 1.42 bits per heavy atom. The number of aliphatic hydroxyl groups excluding tert-OH is 1. The number of carbonyl (C=O) groups is 2. The van der Waals surface area contributed by atoms with Crippen LogP contribution in [0.1, 0.15) is 35.2 Å². The van der Waals surface area contributed by atoms with Gasteiger partial charge in [-0.2, -0.15) is 0 Å². The SMILES string of the molecule is C[C@@](N)(CN1CC(Oc2ccc3c(c2C(=O)[O-])O[B-](O)(O)[C@H]2C[C@@H]32)C1)C(=O)NCCO. The number of nitrogens with zero attached hydrogens (tertiary/aromatic N) is 1. The van der Waals surface area contributed by atoms with E-state index in [1.807, 2.05) is 4.90 Å². The smallest absolute Gasteiger partial charge is 0.434 e. The van der Waals surface area contributed by atoms with Crippen LogP contribution in [-0.2, 0) is 4.79 Å². The minimum atomic E-state index is -3.13. The van der Waals surface area contributed by atoms with E-state index in [0.717, 1.165) is 0 Å². The molecule has 0 spiro atoms. The Morgan fingerprint density at radius 3 is 2.77 bits per heavy atom. The lowest BCUT2D eigenvalue weighted by Crippen LogP contribution is -2.64. The van der Waals surface area contributed by atoms with E-state index in [-0.39, 0.29) is 54.7 Å². The van der Waals surface area contributed by atoms with Crippen molar-refractivity contribution in [2.24, 2.45) is 5.73 Å². The molecule has 12 heteroatoms. The minimum Gasteiger partial charge on any atom is -0.669 e. The normalized spacial score (nSPS) is 25.8. The van der Waals surface area contributed by atoms with Gasteiger partial charge in [0, 0.05) is 26.2 Å². The number of carboxylic acids is 1. The van der Waals surface area contributed by atoms with Crippen LogP contribution >= 0.6 is 0 Å². The van der Waals surface area contributed by atoms with Gasteiger partial charge in [0.2, 0.25) is 5.91 Å². The second kappa shape index (κ2) is 7.64. The van der Waals surface area contributed by atoms with Gasteiger partial charge in [-0.25, -0.2) is 0 Å². The molecule has 3 atom stereocenters. The monoisotopic (exact) mass is 435 g/mol. The number of nitrogens with two attached hydrogens (primary N) is 1. The van der Waals surface area contributed by atoms with Gasteiger partial charge in [0.25, 0.3) is 0 Å². The van der Waals surface area contributed by atoms with Gasteiger partial charge in [-0.15, -0.1) is 0 Å². The molecular formula is C19H26BN3O8-2. The Hall–Kier alpha value is -2.38. The highest BCUT2D eigenvalue weighted by Gasteiger charge is 2.55. The first-order chi connectivity index (χ1) is 14.5. The molecule has 31 heavy (non-hydrogen) atoms. The Bertz CT molecular complexity index is 902. The third-order valence-electron chi connectivity index (χ3n) is 6.13. The van der Waals surface area contributed by atoms with Gasteiger partial charge in [-0.05, 0) is 24.5 Å². The Balaban J connectivity index is 1.41. The summed E-state index contributed by atoms with van der Waals surface area (Å²) in [6, 6.07) is 3.22. The van der Waals surface area contributed by atoms with Crippen molar-refractivity contribution in [1.29, 1.82) is 0 Å². The molecule has 1 aliphatic carbocycles. The van der Waals surface area contributed by atoms with Crippen LogP contribution in [-0.4, -0.2) is 83.1 Å². The lowest BCUT2D eigenvalue weighted by atomic mass is 9.68. The zero-order valence-corrected chi connectivity index (χ0v) is 17.1. The summed E-state index contributed by atoms with van der Waals surface area (Å²) in [6.07, 6.45) is 0.178. The highest BCUT2D eigenvalue weighted by molar-refractivity contribution is 6.62. The molecule has 3 aliphatic rings. The van der Waals surface area contributed by atoms with Crippen molar-refractivity contribution in [3.8, 4) is 11.5 Å². The number of fused-ring (bicyclic) bond motifs is 3. The van der Waals surface area contributed by atoms with Crippen molar-refractivity contribution in [3.05, 3.63) is 23.3 Å². The van der Waals surface area contributed by atoms with E-state index in [0.29, 0.717) is 25.1 Å². The number of hydrogen-bond donors (Lipinski definition) is 5. The summed E-state index contributed by atoms with van der Waals surface area (Å²) in [5.41, 5.74) is 5.19. The number of aromatic carboxylic acids is 1. The molecule has 170 valence electrons. The van der Waals surface area contributed by atoms with Gasteiger partial charge in [-0.1, -0.05) is 18.3 Å². The number of carbonyl (C=O) groups excluding carboxylic acids is 2. The molecule has 1 saturated heterocycles. The lowest BCUT2D eigenvalue weighted by molar-refractivity contribution is -0.255. The average Bonchev–Trinajstić information content (AvgIpc) is 3.45. The van der Waals surface area contributed by atoms with E-state index in [2.05, 4.69) is 5.32 Å². The van der Waals surface area contributed by atoms with Crippen molar-refractivity contribution >= 4 is 18.6 Å². The molecule has 1 aromatic rings. The van der Waals surface area contributed by atoms with Gasteiger partial charge in [0.15, 0.2) is 0 Å². The van der Waals surface area contributed by atoms with Crippen LogP contribution in [0.3, 0.4) is 0 Å².